The highest BCUT2D eigenvalue weighted by atomic mass is 32.1. The maximum atomic E-state index is 5.83. The van der Waals surface area contributed by atoms with Crippen molar-refractivity contribution in [2.75, 3.05) is 17.7 Å². The Morgan fingerprint density at radius 2 is 1.95 bits per heavy atom. The van der Waals surface area contributed by atoms with Gasteiger partial charge in [0.25, 0.3) is 0 Å². The Kier molecular flexibility index (Phi) is 3.13. The van der Waals surface area contributed by atoms with E-state index in [0.29, 0.717) is 0 Å². The minimum atomic E-state index is 0.820. The molecule has 0 unspecified atom stereocenters. The van der Waals surface area contributed by atoms with Gasteiger partial charge in [-0.25, -0.2) is 0 Å². The number of rotatable bonds is 3. The van der Waals surface area contributed by atoms with Gasteiger partial charge in [0.2, 0.25) is 0 Å². The molecule has 3 heteroatoms. The topological polar surface area (TPSA) is 29.3 Å². The van der Waals surface area contributed by atoms with Crippen LogP contribution in [0.25, 0.3) is 10.1 Å². The van der Waals surface area contributed by atoms with Gasteiger partial charge in [0.1, 0.15) is 0 Å². The average Bonchev–Trinajstić information content (AvgIpc) is 2.82. The fourth-order valence-corrected chi connectivity index (χ4v) is 3.31. The Hall–Kier alpha value is -2.00. The first-order valence-electron chi connectivity index (χ1n) is 6.26. The third-order valence-electron chi connectivity index (χ3n) is 3.24. The molecule has 0 bridgehead atoms. The second-order valence-electron chi connectivity index (χ2n) is 4.72. The number of anilines is 2. The van der Waals surface area contributed by atoms with Gasteiger partial charge in [0, 0.05) is 34.7 Å². The molecule has 3 aromatic rings. The van der Waals surface area contributed by atoms with Crippen molar-refractivity contribution in [3.05, 3.63) is 59.5 Å². The maximum Gasteiger partial charge on any atom is 0.0555 e. The lowest BCUT2D eigenvalue weighted by Crippen LogP contribution is -2.15. The summed E-state index contributed by atoms with van der Waals surface area (Å²) in [6.07, 6.45) is 0. The van der Waals surface area contributed by atoms with Crippen LogP contribution in [0.2, 0.25) is 0 Å². The predicted octanol–water partition coefficient (Wildman–Crippen LogP) is 4.12. The molecule has 0 aliphatic heterocycles. The molecule has 0 radical (unpaired) electrons. The van der Waals surface area contributed by atoms with Crippen molar-refractivity contribution in [2.24, 2.45) is 0 Å². The fraction of sp³-hybridized carbons (Fsp3) is 0.125. The standard InChI is InChI=1S/C16H16N2S/c1-18(10-12-5-4-6-13(17)9-12)15-11-19-16-8-3-2-7-14(15)16/h2-9,11H,10,17H2,1H3. The van der Waals surface area contributed by atoms with Gasteiger partial charge in [-0.2, -0.15) is 0 Å². The molecule has 2 N–H and O–H groups in total. The summed E-state index contributed by atoms with van der Waals surface area (Å²) >= 11 is 1.79. The summed E-state index contributed by atoms with van der Waals surface area (Å²) in [4.78, 5) is 2.27. The number of benzene rings is 2. The van der Waals surface area contributed by atoms with E-state index in [2.05, 4.69) is 47.7 Å². The second-order valence-corrected chi connectivity index (χ2v) is 5.63. The SMILES string of the molecule is CN(Cc1cccc(N)c1)c1csc2ccccc12. The Balaban J connectivity index is 1.90. The lowest BCUT2D eigenvalue weighted by atomic mass is 10.1. The Labute approximate surface area is 117 Å². The van der Waals surface area contributed by atoms with Crippen molar-refractivity contribution < 1.29 is 0 Å². The van der Waals surface area contributed by atoms with Crippen LogP contribution in [0.15, 0.2) is 53.9 Å². The van der Waals surface area contributed by atoms with E-state index in [1.54, 1.807) is 11.3 Å². The molecule has 1 heterocycles. The van der Waals surface area contributed by atoms with E-state index in [-0.39, 0.29) is 0 Å². The van der Waals surface area contributed by atoms with E-state index in [1.807, 2.05) is 18.2 Å². The molecular weight excluding hydrogens is 252 g/mol. The zero-order chi connectivity index (χ0) is 13.2. The first-order valence-corrected chi connectivity index (χ1v) is 7.14. The molecule has 96 valence electrons. The van der Waals surface area contributed by atoms with Crippen LogP contribution in [0.4, 0.5) is 11.4 Å². The molecule has 0 aliphatic rings. The summed E-state index contributed by atoms with van der Waals surface area (Å²) in [5.41, 5.74) is 9.16. The van der Waals surface area contributed by atoms with Crippen molar-refractivity contribution in [1.82, 2.24) is 0 Å². The molecule has 19 heavy (non-hydrogen) atoms. The van der Waals surface area contributed by atoms with Gasteiger partial charge < -0.3 is 10.6 Å². The number of nitrogen functional groups attached to an aromatic ring is 1. The molecule has 0 saturated heterocycles. The fourth-order valence-electron chi connectivity index (χ4n) is 2.31. The number of nitrogens with zero attached hydrogens (tertiary/aromatic N) is 1. The number of nitrogens with two attached hydrogens (primary N) is 1. The van der Waals surface area contributed by atoms with E-state index >= 15 is 0 Å². The first-order chi connectivity index (χ1) is 9.24. The van der Waals surface area contributed by atoms with Crippen LogP contribution in [0.3, 0.4) is 0 Å². The van der Waals surface area contributed by atoms with E-state index < -0.39 is 0 Å². The van der Waals surface area contributed by atoms with Crippen LogP contribution in [0.5, 0.6) is 0 Å². The van der Waals surface area contributed by atoms with E-state index in [0.717, 1.165) is 12.2 Å². The van der Waals surface area contributed by atoms with Crippen LogP contribution in [0, 0.1) is 0 Å². The van der Waals surface area contributed by atoms with Crippen molar-refractivity contribution in [2.45, 2.75) is 6.54 Å². The minimum Gasteiger partial charge on any atom is -0.399 e. The lowest BCUT2D eigenvalue weighted by Gasteiger charge is -2.18. The van der Waals surface area contributed by atoms with Crippen molar-refractivity contribution in [1.29, 1.82) is 0 Å². The molecular formula is C16H16N2S. The largest absolute Gasteiger partial charge is 0.399 e. The number of hydrogen-bond donors (Lipinski definition) is 1. The van der Waals surface area contributed by atoms with Crippen LogP contribution in [-0.2, 0) is 6.54 Å². The van der Waals surface area contributed by atoms with Gasteiger partial charge in [0.05, 0.1) is 5.69 Å². The minimum absolute atomic E-state index is 0.820. The Morgan fingerprint density at radius 1 is 1.11 bits per heavy atom. The van der Waals surface area contributed by atoms with E-state index in [4.69, 9.17) is 5.73 Å². The number of fused-ring (bicyclic) bond motifs is 1. The molecule has 0 fully saturated rings. The Morgan fingerprint density at radius 3 is 2.79 bits per heavy atom. The maximum absolute atomic E-state index is 5.83. The lowest BCUT2D eigenvalue weighted by molar-refractivity contribution is 0.931. The molecule has 0 saturated carbocycles. The summed E-state index contributed by atoms with van der Waals surface area (Å²) in [5.74, 6) is 0. The van der Waals surface area contributed by atoms with Gasteiger partial charge in [0.15, 0.2) is 0 Å². The van der Waals surface area contributed by atoms with Gasteiger partial charge >= 0.3 is 0 Å². The van der Waals surface area contributed by atoms with Crippen molar-refractivity contribution in [3.63, 3.8) is 0 Å². The molecule has 2 aromatic carbocycles. The molecule has 0 amide bonds. The highest BCUT2D eigenvalue weighted by molar-refractivity contribution is 7.17. The molecule has 0 aliphatic carbocycles. The Bertz CT molecular complexity index is 703. The van der Waals surface area contributed by atoms with Crippen molar-refractivity contribution >= 4 is 32.8 Å². The quantitative estimate of drug-likeness (QED) is 0.724. The molecule has 3 rings (SSSR count). The monoisotopic (exact) mass is 268 g/mol. The number of thiophene rings is 1. The molecule has 2 nitrogen and oxygen atoms in total. The van der Waals surface area contributed by atoms with Gasteiger partial charge in [-0.1, -0.05) is 30.3 Å². The molecule has 0 spiro atoms. The predicted molar refractivity (Wildman–Crippen MR) is 84.8 cm³/mol. The smallest absolute Gasteiger partial charge is 0.0555 e. The summed E-state index contributed by atoms with van der Waals surface area (Å²) in [5, 5.41) is 3.54. The highest BCUT2D eigenvalue weighted by Gasteiger charge is 2.08. The van der Waals surface area contributed by atoms with Crippen LogP contribution >= 0.6 is 11.3 Å². The zero-order valence-electron chi connectivity index (χ0n) is 10.8. The highest BCUT2D eigenvalue weighted by Crippen LogP contribution is 2.32. The van der Waals surface area contributed by atoms with Crippen LogP contribution < -0.4 is 10.6 Å². The summed E-state index contributed by atoms with van der Waals surface area (Å²) < 4.78 is 1.33. The first kappa shape index (κ1) is 12.1. The third kappa shape index (κ3) is 2.42. The van der Waals surface area contributed by atoms with E-state index in [9.17, 15) is 0 Å². The van der Waals surface area contributed by atoms with Crippen molar-refractivity contribution in [3.8, 4) is 0 Å². The molecule has 1 aromatic heterocycles. The molecule has 0 atom stereocenters. The number of hydrogen-bond acceptors (Lipinski definition) is 3. The summed E-state index contributed by atoms with van der Waals surface area (Å²) in [7, 11) is 2.12. The second kappa shape index (κ2) is 4.94. The van der Waals surface area contributed by atoms with Gasteiger partial charge in [-0.3, -0.25) is 0 Å². The summed E-state index contributed by atoms with van der Waals surface area (Å²) in [6.45, 7) is 0.867. The third-order valence-corrected chi connectivity index (χ3v) is 4.19. The van der Waals surface area contributed by atoms with E-state index in [1.165, 1.54) is 21.3 Å². The average molecular weight is 268 g/mol. The van der Waals surface area contributed by atoms with Crippen LogP contribution in [0.1, 0.15) is 5.56 Å². The van der Waals surface area contributed by atoms with Gasteiger partial charge in [-0.15, -0.1) is 11.3 Å². The van der Waals surface area contributed by atoms with Gasteiger partial charge in [-0.05, 0) is 23.8 Å². The normalized spacial score (nSPS) is 10.8. The summed E-state index contributed by atoms with van der Waals surface area (Å²) in [6, 6.07) is 16.6. The van der Waals surface area contributed by atoms with Crippen LogP contribution in [-0.4, -0.2) is 7.05 Å². The zero-order valence-corrected chi connectivity index (χ0v) is 11.7.